The van der Waals surface area contributed by atoms with Gasteiger partial charge in [-0.25, -0.2) is 14.6 Å². The smallest absolute Gasteiger partial charge is 0.335 e. The van der Waals surface area contributed by atoms with Crippen LogP contribution in [0.1, 0.15) is 16.1 Å². The van der Waals surface area contributed by atoms with Gasteiger partial charge in [0.1, 0.15) is 5.82 Å². The van der Waals surface area contributed by atoms with Crippen LogP contribution in [0, 0.1) is 0 Å². The van der Waals surface area contributed by atoms with E-state index in [0.29, 0.717) is 0 Å². The molecule has 108 valence electrons. The van der Waals surface area contributed by atoms with Gasteiger partial charge in [-0.05, 0) is 12.1 Å². The first kappa shape index (κ1) is 14.2. The Labute approximate surface area is 116 Å². The van der Waals surface area contributed by atoms with Crippen LogP contribution in [0.25, 0.3) is 0 Å². The van der Waals surface area contributed by atoms with E-state index in [2.05, 4.69) is 15.3 Å². The molecule has 0 saturated carbocycles. The van der Waals surface area contributed by atoms with Crippen molar-refractivity contribution in [3.63, 3.8) is 0 Å². The van der Waals surface area contributed by atoms with Gasteiger partial charge < -0.3 is 15.4 Å². The lowest BCUT2D eigenvalue weighted by Gasteiger charge is -2.04. The van der Waals surface area contributed by atoms with Crippen molar-refractivity contribution in [1.82, 2.24) is 15.0 Å². The number of carboxylic acid groups (broad SMARTS) is 1. The number of carbonyl (C=O) groups is 2. The summed E-state index contributed by atoms with van der Waals surface area (Å²) in [6.07, 6.45) is 0.992. The maximum atomic E-state index is 11.8. The van der Waals surface area contributed by atoms with Crippen molar-refractivity contribution < 1.29 is 14.7 Å². The summed E-state index contributed by atoms with van der Waals surface area (Å²) >= 11 is 0. The summed E-state index contributed by atoms with van der Waals surface area (Å²) in [4.78, 5) is 52.8. The fraction of sp³-hybridized carbons (Fsp3) is 0.0833. The van der Waals surface area contributed by atoms with E-state index in [0.717, 1.165) is 6.07 Å². The molecule has 0 fully saturated rings. The Morgan fingerprint density at radius 1 is 1.24 bits per heavy atom. The molecule has 2 rings (SSSR count). The van der Waals surface area contributed by atoms with Crippen molar-refractivity contribution >= 4 is 17.7 Å². The molecule has 0 bridgehead atoms. The minimum Gasteiger partial charge on any atom is -0.478 e. The molecule has 0 saturated heterocycles. The average Bonchev–Trinajstić information content (AvgIpc) is 2.37. The number of nitrogens with one attached hydrogen (secondary N) is 3. The molecule has 0 atom stereocenters. The van der Waals surface area contributed by atoms with Gasteiger partial charge in [0.25, 0.3) is 5.56 Å². The number of rotatable bonds is 4. The minimum absolute atomic E-state index is 0.0233. The number of hydrogen-bond donors (Lipinski definition) is 4. The fourth-order valence-electron chi connectivity index (χ4n) is 1.61. The number of hydrogen-bond acceptors (Lipinski definition) is 5. The number of aromatic nitrogens is 3. The number of carbonyl (C=O) groups excluding carboxylic acids is 1. The molecular weight excluding hydrogens is 280 g/mol. The van der Waals surface area contributed by atoms with E-state index in [4.69, 9.17) is 5.11 Å². The van der Waals surface area contributed by atoms with E-state index in [1.54, 1.807) is 0 Å². The normalized spacial score (nSPS) is 10.1. The van der Waals surface area contributed by atoms with Crippen LogP contribution >= 0.6 is 0 Å². The second kappa shape index (κ2) is 5.82. The second-order valence-corrected chi connectivity index (χ2v) is 4.07. The molecule has 0 aromatic carbocycles. The van der Waals surface area contributed by atoms with Crippen molar-refractivity contribution in [2.24, 2.45) is 0 Å². The minimum atomic E-state index is -1.15. The van der Waals surface area contributed by atoms with Gasteiger partial charge in [-0.15, -0.1) is 0 Å². The quantitative estimate of drug-likeness (QED) is 0.588. The third-order valence-electron chi connectivity index (χ3n) is 2.44. The summed E-state index contributed by atoms with van der Waals surface area (Å²) in [6, 6.07) is 3.56. The zero-order valence-corrected chi connectivity index (χ0v) is 10.5. The lowest BCUT2D eigenvalue weighted by Crippen LogP contribution is -2.25. The van der Waals surface area contributed by atoms with E-state index in [9.17, 15) is 19.2 Å². The van der Waals surface area contributed by atoms with Gasteiger partial charge in [0.15, 0.2) is 0 Å². The lowest BCUT2D eigenvalue weighted by molar-refractivity contribution is -0.115. The number of carboxylic acids is 1. The highest BCUT2D eigenvalue weighted by Crippen LogP contribution is 2.07. The van der Waals surface area contributed by atoms with Crippen molar-refractivity contribution in [2.75, 3.05) is 5.32 Å². The average molecular weight is 290 g/mol. The molecule has 2 heterocycles. The van der Waals surface area contributed by atoms with Crippen LogP contribution in [0.4, 0.5) is 5.82 Å². The Balaban J connectivity index is 2.11. The lowest BCUT2D eigenvalue weighted by atomic mass is 10.2. The molecular formula is C12H10N4O5. The predicted molar refractivity (Wildman–Crippen MR) is 71.2 cm³/mol. The highest BCUT2D eigenvalue weighted by atomic mass is 16.4. The Hall–Kier alpha value is -3.23. The van der Waals surface area contributed by atoms with Crippen LogP contribution in [0.2, 0.25) is 0 Å². The maximum Gasteiger partial charge on any atom is 0.335 e. The van der Waals surface area contributed by atoms with Crippen molar-refractivity contribution in [3.8, 4) is 0 Å². The summed E-state index contributed by atoms with van der Waals surface area (Å²) in [7, 11) is 0. The Kier molecular flexibility index (Phi) is 3.93. The molecule has 0 aliphatic heterocycles. The van der Waals surface area contributed by atoms with E-state index >= 15 is 0 Å². The first-order valence-electron chi connectivity index (χ1n) is 5.76. The third kappa shape index (κ3) is 3.86. The number of amides is 1. The molecule has 0 spiro atoms. The second-order valence-electron chi connectivity index (χ2n) is 4.07. The highest BCUT2D eigenvalue weighted by Gasteiger charge is 2.09. The van der Waals surface area contributed by atoms with Crippen LogP contribution < -0.4 is 16.6 Å². The van der Waals surface area contributed by atoms with Crippen LogP contribution in [-0.2, 0) is 11.2 Å². The molecule has 0 aliphatic carbocycles. The monoisotopic (exact) mass is 290 g/mol. The van der Waals surface area contributed by atoms with Crippen LogP contribution in [-0.4, -0.2) is 31.9 Å². The summed E-state index contributed by atoms with van der Waals surface area (Å²) in [5, 5.41) is 11.2. The molecule has 2 aromatic heterocycles. The van der Waals surface area contributed by atoms with Crippen LogP contribution in [0.3, 0.4) is 0 Å². The summed E-state index contributed by atoms with van der Waals surface area (Å²) in [5.74, 6) is -1.63. The highest BCUT2D eigenvalue weighted by molar-refractivity contribution is 5.93. The number of nitrogens with zero attached hydrogens (tertiary/aromatic N) is 1. The number of anilines is 1. The van der Waals surface area contributed by atoms with Gasteiger partial charge in [-0.1, -0.05) is 0 Å². The van der Waals surface area contributed by atoms with Gasteiger partial charge in [0.2, 0.25) is 5.91 Å². The van der Waals surface area contributed by atoms with Crippen LogP contribution in [0.15, 0.2) is 34.0 Å². The topological polar surface area (TPSA) is 145 Å². The predicted octanol–water partition coefficient (Wildman–Crippen LogP) is -0.662. The largest absolute Gasteiger partial charge is 0.478 e. The van der Waals surface area contributed by atoms with Crippen LogP contribution in [0.5, 0.6) is 0 Å². The molecule has 0 radical (unpaired) electrons. The zero-order valence-electron chi connectivity index (χ0n) is 10.5. The first-order valence-corrected chi connectivity index (χ1v) is 5.76. The first-order chi connectivity index (χ1) is 9.94. The van der Waals surface area contributed by atoms with Gasteiger partial charge >= 0.3 is 11.7 Å². The molecule has 1 amide bonds. The van der Waals surface area contributed by atoms with Crippen molar-refractivity contribution in [1.29, 1.82) is 0 Å². The number of pyridine rings is 1. The maximum absolute atomic E-state index is 11.8. The molecule has 21 heavy (non-hydrogen) atoms. The van der Waals surface area contributed by atoms with Crippen molar-refractivity contribution in [2.45, 2.75) is 6.42 Å². The molecule has 4 N–H and O–H groups in total. The summed E-state index contributed by atoms with van der Waals surface area (Å²) in [5.41, 5.74) is -1.22. The summed E-state index contributed by atoms with van der Waals surface area (Å²) < 4.78 is 0. The van der Waals surface area contributed by atoms with Gasteiger partial charge in [0, 0.05) is 18.0 Å². The van der Waals surface area contributed by atoms with E-state index in [1.165, 1.54) is 18.3 Å². The zero-order chi connectivity index (χ0) is 15.4. The molecule has 9 heteroatoms. The number of aromatic amines is 2. The van der Waals surface area contributed by atoms with Crippen molar-refractivity contribution in [3.05, 3.63) is 56.5 Å². The van der Waals surface area contributed by atoms with Gasteiger partial charge in [0.05, 0.1) is 12.0 Å². The Bertz CT molecular complexity index is 779. The Morgan fingerprint density at radius 2 is 2.00 bits per heavy atom. The van der Waals surface area contributed by atoms with E-state index in [-0.39, 0.29) is 23.5 Å². The molecule has 2 aromatic rings. The molecule has 0 aliphatic rings. The number of H-pyrrole nitrogens is 2. The SMILES string of the molecule is O=C(Cc1cc(=O)[nH]c(=O)[nH]1)Nc1cc(C(=O)O)ccn1. The Morgan fingerprint density at radius 3 is 2.67 bits per heavy atom. The molecule has 0 unspecified atom stereocenters. The van der Waals surface area contributed by atoms with Gasteiger partial charge in [-0.3, -0.25) is 14.6 Å². The number of aromatic carboxylic acids is 1. The standard InChI is InChI=1S/C12H10N4O5/c17-9(4-7-5-10(18)16-12(21)14-7)15-8-3-6(11(19)20)1-2-13-8/h1-3,5H,4H2,(H,19,20)(H,13,15,17)(H2,14,16,18,21). The van der Waals surface area contributed by atoms with E-state index < -0.39 is 23.1 Å². The van der Waals surface area contributed by atoms with Gasteiger partial charge in [-0.2, -0.15) is 0 Å². The summed E-state index contributed by atoms with van der Waals surface area (Å²) in [6.45, 7) is 0. The fourth-order valence-corrected chi connectivity index (χ4v) is 1.61. The van der Waals surface area contributed by atoms with E-state index in [1.807, 2.05) is 4.98 Å². The molecule has 9 nitrogen and oxygen atoms in total. The third-order valence-corrected chi connectivity index (χ3v) is 2.44.